The van der Waals surface area contributed by atoms with Crippen LogP contribution in [0.15, 0.2) is 75.7 Å². The fourth-order valence-corrected chi connectivity index (χ4v) is 5.68. The summed E-state index contributed by atoms with van der Waals surface area (Å²) < 4.78 is 45.9. The zero-order valence-corrected chi connectivity index (χ0v) is 21.9. The number of rotatable bonds is 3. The van der Waals surface area contributed by atoms with E-state index < -0.39 is 23.5 Å². The molecule has 4 rings (SSSR count). The summed E-state index contributed by atoms with van der Waals surface area (Å²) in [4.78, 5) is 15.1. The van der Waals surface area contributed by atoms with E-state index in [2.05, 4.69) is 31.9 Å². The number of amides is 2. The highest BCUT2D eigenvalue weighted by Gasteiger charge is 2.77. The number of hydrogen-bond acceptors (Lipinski definition) is 2. The third-order valence-corrected chi connectivity index (χ3v) is 7.24. The first kappa shape index (κ1) is 25.3. The summed E-state index contributed by atoms with van der Waals surface area (Å²) in [6.07, 6.45) is -5.08. The Hall–Kier alpha value is -1.78. The Morgan fingerprint density at radius 2 is 1.24 bits per heavy atom. The third-order valence-electron chi connectivity index (χ3n) is 5.82. The van der Waals surface area contributed by atoms with Gasteiger partial charge < -0.3 is 5.11 Å². The van der Waals surface area contributed by atoms with E-state index in [-0.39, 0.29) is 22.0 Å². The van der Waals surface area contributed by atoms with Crippen LogP contribution in [0.3, 0.4) is 0 Å². The Labute approximate surface area is 220 Å². The van der Waals surface area contributed by atoms with Crippen molar-refractivity contribution >= 4 is 72.5 Å². The second kappa shape index (κ2) is 8.71. The lowest BCUT2D eigenvalue weighted by Gasteiger charge is -2.45. The van der Waals surface area contributed by atoms with Crippen LogP contribution in [0.4, 0.5) is 29.3 Å². The minimum Gasteiger partial charge on any atom is -0.364 e. The topological polar surface area (TPSA) is 43.8 Å². The van der Waals surface area contributed by atoms with Gasteiger partial charge in [0.15, 0.2) is 5.54 Å². The molecule has 1 fully saturated rings. The van der Waals surface area contributed by atoms with Crippen LogP contribution in [0.25, 0.3) is 0 Å². The standard InChI is InChI=1S/C23H15Br2Cl2F3N2O2/c1-21(23(28,29)30)22(34,13-10-14(24)12-15(25)11-13)32(19-8-4-17(27)5-9-19)20(33)31(21)18-6-2-16(26)3-7-18/h2-12,34H,1H3. The number of carbonyl (C=O) groups excluding carboxylic acids is 1. The number of hydrogen-bond donors (Lipinski definition) is 1. The van der Waals surface area contributed by atoms with Gasteiger partial charge in [0.2, 0.25) is 5.72 Å². The SMILES string of the molecule is CC1(C(F)(F)F)N(c2ccc(Cl)cc2)C(=O)N(c2ccc(Cl)cc2)C1(O)c1cc(Br)cc(Br)c1. The van der Waals surface area contributed by atoms with Gasteiger partial charge in [-0.1, -0.05) is 55.1 Å². The van der Waals surface area contributed by atoms with Crippen molar-refractivity contribution < 1.29 is 23.1 Å². The normalized spacial score (nSPS) is 23.0. The highest BCUT2D eigenvalue weighted by Crippen LogP contribution is 2.57. The van der Waals surface area contributed by atoms with E-state index in [1.165, 1.54) is 60.7 Å². The summed E-state index contributed by atoms with van der Waals surface area (Å²) in [5.74, 6) is 0. The second-order valence-electron chi connectivity index (χ2n) is 7.81. The maximum atomic E-state index is 15.0. The lowest BCUT2D eigenvalue weighted by atomic mass is 9.81. The minimum absolute atomic E-state index is 0.0277. The van der Waals surface area contributed by atoms with E-state index in [1.54, 1.807) is 6.07 Å². The highest BCUT2D eigenvalue weighted by molar-refractivity contribution is 9.11. The lowest BCUT2D eigenvalue weighted by molar-refractivity contribution is -0.227. The predicted molar refractivity (Wildman–Crippen MR) is 133 cm³/mol. The number of benzene rings is 3. The first-order valence-electron chi connectivity index (χ1n) is 9.72. The fraction of sp³-hybridized carbons (Fsp3) is 0.174. The van der Waals surface area contributed by atoms with Crippen molar-refractivity contribution in [1.29, 1.82) is 0 Å². The zero-order chi connectivity index (χ0) is 25.1. The molecule has 0 aromatic heterocycles. The average Bonchev–Trinajstić information content (AvgIpc) is 2.93. The van der Waals surface area contributed by atoms with Gasteiger partial charge in [-0.15, -0.1) is 0 Å². The van der Waals surface area contributed by atoms with Crippen molar-refractivity contribution in [1.82, 2.24) is 0 Å². The molecule has 1 aliphatic rings. The molecule has 2 unspecified atom stereocenters. The molecule has 2 atom stereocenters. The van der Waals surface area contributed by atoms with Crippen molar-refractivity contribution in [3.8, 4) is 0 Å². The minimum atomic E-state index is -5.08. The molecule has 3 aromatic carbocycles. The van der Waals surface area contributed by atoms with Crippen LogP contribution in [-0.2, 0) is 5.72 Å². The molecule has 178 valence electrons. The first-order valence-corrected chi connectivity index (χ1v) is 12.1. The first-order chi connectivity index (χ1) is 15.8. The number of halogens is 7. The van der Waals surface area contributed by atoms with Crippen molar-refractivity contribution in [2.24, 2.45) is 0 Å². The van der Waals surface area contributed by atoms with Crippen molar-refractivity contribution in [2.75, 3.05) is 9.80 Å². The maximum Gasteiger partial charge on any atom is 0.416 e. The Balaban J connectivity index is 2.10. The number of nitrogens with zero attached hydrogens (tertiary/aromatic N) is 2. The van der Waals surface area contributed by atoms with E-state index in [0.29, 0.717) is 18.9 Å². The number of urea groups is 1. The monoisotopic (exact) mass is 636 g/mol. The van der Waals surface area contributed by atoms with Crippen LogP contribution < -0.4 is 9.80 Å². The Bertz CT molecular complexity index is 1240. The van der Waals surface area contributed by atoms with E-state index in [1.807, 2.05) is 0 Å². The Morgan fingerprint density at radius 3 is 1.65 bits per heavy atom. The van der Waals surface area contributed by atoms with E-state index in [9.17, 15) is 9.90 Å². The van der Waals surface area contributed by atoms with E-state index in [0.717, 1.165) is 11.8 Å². The second-order valence-corrected chi connectivity index (χ2v) is 10.5. The van der Waals surface area contributed by atoms with Crippen LogP contribution >= 0.6 is 55.1 Å². The predicted octanol–water partition coefficient (Wildman–Crippen LogP) is 8.13. The zero-order valence-electron chi connectivity index (χ0n) is 17.2. The van der Waals surface area contributed by atoms with Crippen LogP contribution in [0.5, 0.6) is 0 Å². The van der Waals surface area contributed by atoms with Gasteiger partial charge in [0.1, 0.15) is 0 Å². The van der Waals surface area contributed by atoms with Gasteiger partial charge >= 0.3 is 12.2 Å². The summed E-state index contributed by atoms with van der Waals surface area (Å²) in [5.41, 5.74) is -6.22. The van der Waals surface area contributed by atoms with Crippen LogP contribution in [0, 0.1) is 0 Å². The summed E-state index contributed by atoms with van der Waals surface area (Å²) in [6.45, 7) is 0.796. The highest BCUT2D eigenvalue weighted by atomic mass is 79.9. The third kappa shape index (κ3) is 3.82. The number of aliphatic hydroxyl groups is 1. The molecule has 0 saturated carbocycles. The van der Waals surface area contributed by atoms with Crippen LogP contribution in [0.2, 0.25) is 10.0 Å². The average molecular weight is 639 g/mol. The van der Waals surface area contributed by atoms with Crippen LogP contribution in [0.1, 0.15) is 12.5 Å². The molecular formula is C23H15Br2Cl2F3N2O2. The molecular weight excluding hydrogens is 624 g/mol. The van der Waals surface area contributed by atoms with Gasteiger partial charge in [-0.25, -0.2) is 4.79 Å². The largest absolute Gasteiger partial charge is 0.416 e. The number of alkyl halides is 3. The van der Waals surface area contributed by atoms with Gasteiger partial charge in [0, 0.05) is 35.9 Å². The summed E-state index contributed by atoms with van der Waals surface area (Å²) in [6, 6.07) is 14.2. The van der Waals surface area contributed by atoms with Gasteiger partial charge in [0.05, 0.1) is 0 Å². The van der Waals surface area contributed by atoms with Gasteiger partial charge in [-0.05, 0) is 73.7 Å². The van der Waals surface area contributed by atoms with Gasteiger partial charge in [0.25, 0.3) is 0 Å². The summed E-state index contributed by atoms with van der Waals surface area (Å²) in [5, 5.41) is 12.7. The molecule has 34 heavy (non-hydrogen) atoms. The van der Waals surface area contributed by atoms with Crippen molar-refractivity contribution in [3.05, 3.63) is 91.3 Å². The molecule has 1 heterocycles. The fourth-order valence-electron chi connectivity index (χ4n) is 4.14. The molecule has 1 N–H and O–H groups in total. The van der Waals surface area contributed by atoms with E-state index >= 15 is 13.2 Å². The molecule has 4 nitrogen and oxygen atoms in total. The van der Waals surface area contributed by atoms with Crippen LogP contribution in [-0.4, -0.2) is 22.9 Å². The summed E-state index contributed by atoms with van der Waals surface area (Å²) >= 11 is 18.4. The molecule has 0 bridgehead atoms. The maximum absolute atomic E-state index is 15.0. The molecule has 0 aliphatic carbocycles. The number of anilines is 2. The van der Waals surface area contributed by atoms with E-state index in [4.69, 9.17) is 23.2 Å². The molecule has 2 amide bonds. The Morgan fingerprint density at radius 1 is 0.824 bits per heavy atom. The molecule has 0 spiro atoms. The molecule has 11 heteroatoms. The smallest absolute Gasteiger partial charge is 0.364 e. The van der Waals surface area contributed by atoms with Gasteiger partial charge in [-0.3, -0.25) is 9.80 Å². The lowest BCUT2D eigenvalue weighted by Crippen LogP contribution is -2.66. The molecule has 3 aromatic rings. The number of carbonyl (C=O) groups is 1. The van der Waals surface area contributed by atoms with Crippen molar-refractivity contribution in [2.45, 2.75) is 24.4 Å². The van der Waals surface area contributed by atoms with Crippen molar-refractivity contribution in [3.63, 3.8) is 0 Å². The molecule has 1 saturated heterocycles. The van der Waals surface area contributed by atoms with Gasteiger partial charge in [-0.2, -0.15) is 13.2 Å². The Kier molecular flexibility index (Phi) is 6.48. The molecule has 0 radical (unpaired) electrons. The molecule has 1 aliphatic heterocycles. The summed E-state index contributed by atoms with van der Waals surface area (Å²) in [7, 11) is 0. The quantitative estimate of drug-likeness (QED) is 0.315.